The maximum absolute atomic E-state index is 9.10. The van der Waals surface area contributed by atoms with Gasteiger partial charge in [0.15, 0.2) is 5.71 Å². The molecule has 0 aromatic heterocycles. The van der Waals surface area contributed by atoms with E-state index in [4.69, 9.17) is 25.1 Å². The van der Waals surface area contributed by atoms with Crippen LogP contribution in [-0.4, -0.2) is 59.5 Å². The van der Waals surface area contributed by atoms with Crippen molar-refractivity contribution in [3.05, 3.63) is 0 Å². The number of oxime groups is 1. The first-order valence-corrected chi connectivity index (χ1v) is 5.69. The molecule has 8 heteroatoms. The van der Waals surface area contributed by atoms with E-state index in [1.165, 1.54) is 20.1 Å². The molecule has 2 heterocycles. The van der Waals surface area contributed by atoms with Crippen LogP contribution >= 0.6 is 0 Å². The van der Waals surface area contributed by atoms with Crippen molar-refractivity contribution in [3.63, 3.8) is 0 Å². The Morgan fingerprint density at radius 2 is 2.00 bits per heavy atom. The van der Waals surface area contributed by atoms with Crippen molar-refractivity contribution in [1.82, 2.24) is 4.90 Å². The Kier molecular flexibility index (Phi) is 5.26. The molecule has 104 valence electrons. The summed E-state index contributed by atoms with van der Waals surface area (Å²) < 4.78 is 0. The van der Waals surface area contributed by atoms with Gasteiger partial charge < -0.3 is 20.0 Å². The molecule has 2 fully saturated rings. The van der Waals surface area contributed by atoms with Crippen molar-refractivity contribution in [1.29, 1.82) is 5.26 Å². The Morgan fingerprint density at radius 3 is 2.32 bits per heavy atom. The summed E-state index contributed by atoms with van der Waals surface area (Å²) in [4.78, 5) is 25.2. The first kappa shape index (κ1) is 14.9. The molecule has 2 aliphatic heterocycles. The standard InChI is InChI=1S/C9H13N3O.C2H2O4/c1-13-11-9(4-10)8-6-12-3-2-7(8)5-12;3-1(4)2(5)6/h7-8H,2-3,5-6H2,1H3;(H,3,4)(H,5,6)/b11-9-;. The summed E-state index contributed by atoms with van der Waals surface area (Å²) in [6.45, 7) is 3.31. The zero-order chi connectivity index (χ0) is 14.4. The van der Waals surface area contributed by atoms with Crippen LogP contribution in [0.15, 0.2) is 5.16 Å². The number of hydrogen-bond acceptors (Lipinski definition) is 6. The van der Waals surface area contributed by atoms with Gasteiger partial charge in [-0.15, -0.1) is 0 Å². The van der Waals surface area contributed by atoms with E-state index in [0.717, 1.165) is 13.1 Å². The highest BCUT2D eigenvalue weighted by molar-refractivity contribution is 6.27. The molecule has 2 N–H and O–H groups in total. The molecule has 2 bridgehead atoms. The Bertz CT molecular complexity index is 417. The molecule has 0 spiro atoms. The maximum atomic E-state index is 9.10. The zero-order valence-electron chi connectivity index (χ0n) is 10.4. The van der Waals surface area contributed by atoms with Crippen LogP contribution in [-0.2, 0) is 14.4 Å². The van der Waals surface area contributed by atoms with E-state index < -0.39 is 11.9 Å². The molecule has 0 aliphatic carbocycles. The fourth-order valence-corrected chi connectivity index (χ4v) is 2.36. The SMILES string of the molecule is CO/N=C(/C#N)C1CN2CCC1C2.O=C(O)C(=O)O. The monoisotopic (exact) mass is 269 g/mol. The first-order chi connectivity index (χ1) is 8.99. The number of carbonyl (C=O) groups is 2. The van der Waals surface area contributed by atoms with Crippen LogP contribution in [0.4, 0.5) is 0 Å². The van der Waals surface area contributed by atoms with Crippen LogP contribution < -0.4 is 0 Å². The normalized spacial score (nSPS) is 28.0. The summed E-state index contributed by atoms with van der Waals surface area (Å²) in [5, 5.41) is 27.4. The van der Waals surface area contributed by atoms with Crippen LogP contribution in [0.3, 0.4) is 0 Å². The molecule has 19 heavy (non-hydrogen) atoms. The summed E-state index contributed by atoms with van der Waals surface area (Å²) in [6.07, 6.45) is 1.20. The van der Waals surface area contributed by atoms with E-state index in [-0.39, 0.29) is 0 Å². The van der Waals surface area contributed by atoms with Gasteiger partial charge in [-0.05, 0) is 18.9 Å². The Labute approximate surface area is 109 Å². The van der Waals surface area contributed by atoms with Gasteiger partial charge in [0.1, 0.15) is 13.2 Å². The summed E-state index contributed by atoms with van der Waals surface area (Å²) >= 11 is 0. The lowest BCUT2D eigenvalue weighted by molar-refractivity contribution is -0.159. The highest BCUT2D eigenvalue weighted by Crippen LogP contribution is 2.33. The van der Waals surface area contributed by atoms with Crippen LogP contribution in [0.25, 0.3) is 0 Å². The molecule has 0 radical (unpaired) electrons. The van der Waals surface area contributed by atoms with Gasteiger partial charge in [-0.2, -0.15) is 5.26 Å². The molecule has 0 aromatic rings. The van der Waals surface area contributed by atoms with Crippen molar-refractivity contribution in [2.24, 2.45) is 17.0 Å². The average molecular weight is 269 g/mol. The Morgan fingerprint density at radius 1 is 1.37 bits per heavy atom. The molecule has 0 amide bonds. The van der Waals surface area contributed by atoms with Crippen LogP contribution in [0.5, 0.6) is 0 Å². The minimum atomic E-state index is -1.82. The number of carboxylic acids is 2. The van der Waals surface area contributed by atoms with E-state index in [9.17, 15) is 0 Å². The Hall–Kier alpha value is -2.14. The molecule has 2 rings (SSSR count). The van der Waals surface area contributed by atoms with Crippen molar-refractivity contribution in [2.45, 2.75) is 6.42 Å². The van der Waals surface area contributed by atoms with Crippen molar-refractivity contribution < 1.29 is 24.6 Å². The topological polar surface area (TPSA) is 123 Å². The molecular formula is C11H15N3O5. The molecule has 2 aliphatic rings. The minimum Gasteiger partial charge on any atom is -0.473 e. The van der Waals surface area contributed by atoms with E-state index >= 15 is 0 Å². The second-order valence-electron chi connectivity index (χ2n) is 4.30. The second-order valence-corrected chi connectivity index (χ2v) is 4.30. The number of hydrogen-bond donors (Lipinski definition) is 2. The zero-order valence-corrected chi connectivity index (χ0v) is 10.4. The lowest BCUT2D eigenvalue weighted by Crippen LogP contribution is -2.28. The number of fused-ring (bicyclic) bond motifs is 2. The summed E-state index contributed by atoms with van der Waals surface area (Å²) in [6, 6.07) is 2.13. The molecule has 3 unspecified atom stereocenters. The summed E-state index contributed by atoms with van der Waals surface area (Å²) in [5.74, 6) is -2.70. The number of rotatable bonds is 2. The van der Waals surface area contributed by atoms with Gasteiger partial charge in [0.2, 0.25) is 0 Å². The van der Waals surface area contributed by atoms with Gasteiger partial charge in [-0.1, -0.05) is 5.16 Å². The van der Waals surface area contributed by atoms with E-state index in [1.54, 1.807) is 0 Å². The maximum Gasteiger partial charge on any atom is 0.414 e. The second kappa shape index (κ2) is 6.70. The van der Waals surface area contributed by atoms with Gasteiger partial charge in [0, 0.05) is 19.0 Å². The smallest absolute Gasteiger partial charge is 0.414 e. The molecule has 2 saturated heterocycles. The Balaban J connectivity index is 0.000000258. The van der Waals surface area contributed by atoms with E-state index in [0.29, 0.717) is 17.5 Å². The van der Waals surface area contributed by atoms with Crippen LogP contribution in [0.1, 0.15) is 6.42 Å². The highest BCUT2D eigenvalue weighted by atomic mass is 16.6. The fraction of sp³-hybridized carbons (Fsp3) is 0.636. The third-order valence-electron chi connectivity index (χ3n) is 3.17. The molecule has 3 atom stereocenters. The number of carboxylic acid groups (broad SMARTS) is 2. The highest BCUT2D eigenvalue weighted by Gasteiger charge is 2.40. The molecule has 0 aromatic carbocycles. The van der Waals surface area contributed by atoms with E-state index in [2.05, 4.69) is 21.0 Å². The predicted octanol–water partition coefficient (Wildman–Crippen LogP) is -0.380. The predicted molar refractivity (Wildman–Crippen MR) is 63.4 cm³/mol. The van der Waals surface area contributed by atoms with E-state index in [1.807, 2.05) is 0 Å². The summed E-state index contributed by atoms with van der Waals surface area (Å²) in [7, 11) is 1.49. The summed E-state index contributed by atoms with van der Waals surface area (Å²) in [5.41, 5.74) is 0.565. The third-order valence-corrected chi connectivity index (χ3v) is 3.17. The van der Waals surface area contributed by atoms with Crippen molar-refractivity contribution >= 4 is 17.7 Å². The molecule has 8 nitrogen and oxygen atoms in total. The van der Waals surface area contributed by atoms with Crippen molar-refractivity contribution in [2.75, 3.05) is 26.7 Å². The number of aliphatic carboxylic acids is 2. The molecular weight excluding hydrogens is 254 g/mol. The number of nitriles is 1. The fourth-order valence-electron chi connectivity index (χ4n) is 2.36. The average Bonchev–Trinajstić information content (AvgIpc) is 2.98. The van der Waals surface area contributed by atoms with Crippen molar-refractivity contribution in [3.8, 4) is 6.07 Å². The van der Waals surface area contributed by atoms with Crippen LogP contribution in [0, 0.1) is 23.2 Å². The van der Waals surface area contributed by atoms with Gasteiger partial charge in [0.05, 0.1) is 0 Å². The third kappa shape index (κ3) is 3.93. The minimum absolute atomic E-state index is 0.318. The van der Waals surface area contributed by atoms with Gasteiger partial charge >= 0.3 is 11.9 Å². The largest absolute Gasteiger partial charge is 0.473 e. The van der Waals surface area contributed by atoms with Crippen LogP contribution in [0.2, 0.25) is 0 Å². The quantitative estimate of drug-likeness (QED) is 0.398. The lowest BCUT2D eigenvalue weighted by atomic mass is 9.89. The van der Waals surface area contributed by atoms with Gasteiger partial charge in [0.25, 0.3) is 0 Å². The number of nitrogens with zero attached hydrogens (tertiary/aromatic N) is 3. The van der Waals surface area contributed by atoms with Gasteiger partial charge in [-0.3, -0.25) is 0 Å². The number of piperidine rings is 1. The van der Waals surface area contributed by atoms with Gasteiger partial charge in [-0.25, -0.2) is 9.59 Å². The first-order valence-electron chi connectivity index (χ1n) is 5.69. The lowest BCUT2D eigenvalue weighted by Gasteiger charge is -2.19. The molecule has 0 saturated carbocycles.